The SMILES string of the molecule is Cc1ccc(Br)cc1Oc1ccc(Cl)c(C(=O)O)n1. The average Bonchev–Trinajstić information content (AvgIpc) is 2.36. The highest BCUT2D eigenvalue weighted by Crippen LogP contribution is 2.28. The number of ether oxygens (including phenoxy) is 1. The van der Waals surface area contributed by atoms with Gasteiger partial charge in [0.15, 0.2) is 5.69 Å². The molecule has 0 unspecified atom stereocenters. The molecule has 1 aromatic heterocycles. The van der Waals surface area contributed by atoms with Crippen LogP contribution in [-0.4, -0.2) is 16.1 Å². The standard InChI is InChI=1S/C13H9BrClNO3/c1-7-2-3-8(14)6-10(7)19-11-5-4-9(15)12(16-11)13(17)18/h2-6H,1H3,(H,17,18). The predicted octanol–water partition coefficient (Wildman–Crippen LogP) is 4.30. The molecular weight excluding hydrogens is 334 g/mol. The van der Waals surface area contributed by atoms with Gasteiger partial charge >= 0.3 is 5.97 Å². The molecule has 1 aromatic carbocycles. The van der Waals surface area contributed by atoms with Crippen LogP contribution in [0.5, 0.6) is 11.6 Å². The number of nitrogens with zero attached hydrogens (tertiary/aromatic N) is 1. The molecule has 1 heterocycles. The number of carbonyl (C=O) groups is 1. The molecule has 19 heavy (non-hydrogen) atoms. The smallest absolute Gasteiger partial charge is 0.356 e. The zero-order valence-electron chi connectivity index (χ0n) is 9.85. The van der Waals surface area contributed by atoms with Crippen molar-refractivity contribution in [1.82, 2.24) is 4.98 Å². The monoisotopic (exact) mass is 341 g/mol. The summed E-state index contributed by atoms with van der Waals surface area (Å²) in [4.78, 5) is 14.8. The minimum absolute atomic E-state index is 0.0748. The van der Waals surface area contributed by atoms with Gasteiger partial charge in [0, 0.05) is 10.5 Å². The molecule has 0 radical (unpaired) electrons. The van der Waals surface area contributed by atoms with Crippen molar-refractivity contribution in [2.24, 2.45) is 0 Å². The normalized spacial score (nSPS) is 10.3. The van der Waals surface area contributed by atoms with E-state index >= 15 is 0 Å². The summed E-state index contributed by atoms with van der Waals surface area (Å²) in [5.41, 5.74) is 0.684. The van der Waals surface area contributed by atoms with E-state index in [1.165, 1.54) is 12.1 Å². The van der Waals surface area contributed by atoms with E-state index in [0.717, 1.165) is 10.0 Å². The Morgan fingerprint density at radius 2 is 2.11 bits per heavy atom. The van der Waals surface area contributed by atoms with Crippen LogP contribution in [0.4, 0.5) is 0 Å². The molecule has 0 fully saturated rings. The van der Waals surface area contributed by atoms with Crippen molar-refractivity contribution in [2.45, 2.75) is 6.92 Å². The van der Waals surface area contributed by atoms with Gasteiger partial charge in [-0.15, -0.1) is 0 Å². The summed E-state index contributed by atoms with van der Waals surface area (Å²) < 4.78 is 6.43. The van der Waals surface area contributed by atoms with Crippen LogP contribution in [0.1, 0.15) is 16.1 Å². The number of pyridine rings is 1. The Morgan fingerprint density at radius 3 is 2.79 bits per heavy atom. The minimum Gasteiger partial charge on any atom is -0.476 e. The number of hydrogen-bond donors (Lipinski definition) is 1. The quantitative estimate of drug-likeness (QED) is 0.903. The molecule has 0 aliphatic heterocycles. The first-order chi connectivity index (χ1) is 8.97. The first-order valence-electron chi connectivity index (χ1n) is 5.31. The second-order valence-corrected chi connectivity index (χ2v) is 5.12. The van der Waals surface area contributed by atoms with Crippen molar-refractivity contribution in [2.75, 3.05) is 0 Å². The Bertz CT molecular complexity index is 646. The summed E-state index contributed by atoms with van der Waals surface area (Å²) in [6.45, 7) is 1.88. The molecule has 0 saturated carbocycles. The van der Waals surface area contributed by atoms with E-state index < -0.39 is 5.97 Å². The predicted molar refractivity (Wildman–Crippen MR) is 75.2 cm³/mol. The summed E-state index contributed by atoms with van der Waals surface area (Å²) in [6.07, 6.45) is 0. The third-order valence-corrected chi connectivity index (χ3v) is 3.19. The van der Waals surface area contributed by atoms with E-state index in [4.69, 9.17) is 21.4 Å². The number of aromatic nitrogens is 1. The Hall–Kier alpha value is -1.59. The maximum absolute atomic E-state index is 10.9. The second-order valence-electron chi connectivity index (χ2n) is 3.80. The fourth-order valence-electron chi connectivity index (χ4n) is 1.43. The summed E-state index contributed by atoms with van der Waals surface area (Å²) in [5, 5.41) is 9.02. The molecular formula is C13H9BrClNO3. The lowest BCUT2D eigenvalue weighted by atomic mass is 10.2. The van der Waals surface area contributed by atoms with Crippen molar-refractivity contribution in [3.8, 4) is 11.6 Å². The van der Waals surface area contributed by atoms with E-state index in [2.05, 4.69) is 20.9 Å². The molecule has 6 heteroatoms. The number of aromatic carboxylic acids is 1. The molecule has 0 amide bonds. The van der Waals surface area contributed by atoms with Crippen molar-refractivity contribution in [3.05, 3.63) is 51.1 Å². The number of halogens is 2. The number of carboxylic acids is 1. The number of carboxylic acid groups (broad SMARTS) is 1. The Labute approximate surface area is 123 Å². The van der Waals surface area contributed by atoms with Crippen LogP contribution in [-0.2, 0) is 0 Å². The molecule has 0 aliphatic rings. The Morgan fingerprint density at radius 1 is 1.37 bits per heavy atom. The summed E-state index contributed by atoms with van der Waals surface area (Å²) in [6, 6.07) is 8.52. The van der Waals surface area contributed by atoms with Crippen LogP contribution in [0, 0.1) is 6.92 Å². The second kappa shape index (κ2) is 5.59. The van der Waals surface area contributed by atoms with E-state index in [-0.39, 0.29) is 16.6 Å². The van der Waals surface area contributed by atoms with Gasteiger partial charge < -0.3 is 9.84 Å². The van der Waals surface area contributed by atoms with Crippen LogP contribution >= 0.6 is 27.5 Å². The Kier molecular flexibility index (Phi) is 4.07. The zero-order chi connectivity index (χ0) is 14.0. The maximum atomic E-state index is 10.9. The lowest BCUT2D eigenvalue weighted by Gasteiger charge is -2.09. The molecule has 0 spiro atoms. The lowest BCUT2D eigenvalue weighted by Crippen LogP contribution is -2.02. The largest absolute Gasteiger partial charge is 0.476 e. The van der Waals surface area contributed by atoms with E-state index in [9.17, 15) is 4.79 Å². The average molecular weight is 343 g/mol. The van der Waals surface area contributed by atoms with E-state index in [1.807, 2.05) is 19.1 Å². The molecule has 1 N–H and O–H groups in total. The Balaban J connectivity index is 2.36. The molecule has 2 aromatic rings. The van der Waals surface area contributed by atoms with Crippen LogP contribution in [0.25, 0.3) is 0 Å². The van der Waals surface area contributed by atoms with E-state index in [0.29, 0.717) is 5.75 Å². The van der Waals surface area contributed by atoms with Crippen LogP contribution < -0.4 is 4.74 Å². The molecule has 4 nitrogen and oxygen atoms in total. The maximum Gasteiger partial charge on any atom is 0.356 e. The fraction of sp³-hybridized carbons (Fsp3) is 0.0769. The molecule has 0 saturated heterocycles. The molecule has 2 rings (SSSR count). The van der Waals surface area contributed by atoms with Gasteiger partial charge in [0.1, 0.15) is 5.75 Å². The van der Waals surface area contributed by atoms with Gasteiger partial charge in [-0.2, -0.15) is 0 Å². The first kappa shape index (κ1) is 13.8. The van der Waals surface area contributed by atoms with Gasteiger partial charge in [-0.25, -0.2) is 9.78 Å². The van der Waals surface area contributed by atoms with Crippen molar-refractivity contribution >= 4 is 33.5 Å². The molecule has 98 valence electrons. The highest BCUT2D eigenvalue weighted by molar-refractivity contribution is 9.10. The fourth-order valence-corrected chi connectivity index (χ4v) is 1.95. The van der Waals surface area contributed by atoms with Gasteiger partial charge in [0.2, 0.25) is 5.88 Å². The lowest BCUT2D eigenvalue weighted by molar-refractivity contribution is 0.0690. The first-order valence-corrected chi connectivity index (χ1v) is 6.48. The van der Waals surface area contributed by atoms with Crippen molar-refractivity contribution < 1.29 is 14.6 Å². The van der Waals surface area contributed by atoms with Gasteiger partial charge in [-0.1, -0.05) is 33.6 Å². The summed E-state index contributed by atoms with van der Waals surface area (Å²) >= 11 is 9.09. The molecule has 0 atom stereocenters. The van der Waals surface area contributed by atoms with Gasteiger partial charge in [-0.3, -0.25) is 0 Å². The highest BCUT2D eigenvalue weighted by Gasteiger charge is 2.13. The third kappa shape index (κ3) is 3.24. The summed E-state index contributed by atoms with van der Waals surface area (Å²) in [7, 11) is 0. The van der Waals surface area contributed by atoms with Crippen LogP contribution in [0.3, 0.4) is 0 Å². The minimum atomic E-state index is -1.19. The van der Waals surface area contributed by atoms with Crippen LogP contribution in [0.15, 0.2) is 34.8 Å². The molecule has 0 bridgehead atoms. The number of rotatable bonds is 3. The summed E-state index contributed by atoms with van der Waals surface area (Å²) in [5.74, 6) is -0.412. The molecule has 0 aliphatic carbocycles. The zero-order valence-corrected chi connectivity index (χ0v) is 12.2. The van der Waals surface area contributed by atoms with Gasteiger partial charge in [0.05, 0.1) is 5.02 Å². The third-order valence-electron chi connectivity index (χ3n) is 2.39. The van der Waals surface area contributed by atoms with E-state index in [1.54, 1.807) is 6.07 Å². The van der Waals surface area contributed by atoms with Gasteiger partial charge in [0.25, 0.3) is 0 Å². The van der Waals surface area contributed by atoms with Crippen molar-refractivity contribution in [3.63, 3.8) is 0 Å². The highest BCUT2D eigenvalue weighted by atomic mass is 79.9. The van der Waals surface area contributed by atoms with Crippen LogP contribution in [0.2, 0.25) is 5.02 Å². The van der Waals surface area contributed by atoms with Gasteiger partial charge in [-0.05, 0) is 30.7 Å². The topological polar surface area (TPSA) is 59.4 Å². The number of aryl methyl sites for hydroxylation is 1. The van der Waals surface area contributed by atoms with Crippen molar-refractivity contribution in [1.29, 1.82) is 0 Å². The number of hydrogen-bond acceptors (Lipinski definition) is 3. The number of benzene rings is 1.